The van der Waals surface area contributed by atoms with Crippen LogP contribution < -0.4 is 15.0 Å². The molecule has 0 atom stereocenters. The SMILES string of the molecule is CC(C)Oc1ccc(C(=O)NC(=S)N2CCc3ccccc32)cc1. The van der Waals surface area contributed by atoms with Gasteiger partial charge < -0.3 is 9.64 Å². The highest BCUT2D eigenvalue weighted by atomic mass is 32.1. The van der Waals surface area contributed by atoms with Gasteiger partial charge in [-0.05, 0) is 68.4 Å². The second kappa shape index (κ2) is 7.01. The maximum Gasteiger partial charge on any atom is 0.257 e. The number of carbonyl (C=O) groups is 1. The number of anilines is 1. The standard InChI is InChI=1S/C19H20N2O2S/c1-13(2)23-16-9-7-15(8-10-16)18(22)20-19(24)21-12-11-14-5-3-4-6-17(14)21/h3-10,13H,11-12H2,1-2H3,(H,20,22,24). The van der Waals surface area contributed by atoms with Crippen molar-refractivity contribution in [2.75, 3.05) is 11.4 Å². The van der Waals surface area contributed by atoms with Gasteiger partial charge in [0.05, 0.1) is 6.10 Å². The van der Waals surface area contributed by atoms with Crippen LogP contribution in [-0.4, -0.2) is 23.7 Å². The molecule has 1 aliphatic heterocycles. The predicted octanol–water partition coefficient (Wildman–Crippen LogP) is 3.55. The molecule has 0 unspecified atom stereocenters. The Morgan fingerprint density at radius 2 is 1.88 bits per heavy atom. The summed E-state index contributed by atoms with van der Waals surface area (Å²) in [4.78, 5) is 14.4. The fourth-order valence-corrected chi connectivity index (χ4v) is 3.03. The van der Waals surface area contributed by atoms with Gasteiger partial charge in [-0.1, -0.05) is 18.2 Å². The molecule has 2 aromatic carbocycles. The monoisotopic (exact) mass is 340 g/mol. The Morgan fingerprint density at radius 3 is 2.58 bits per heavy atom. The number of amides is 1. The van der Waals surface area contributed by atoms with Crippen molar-refractivity contribution in [3.05, 3.63) is 59.7 Å². The van der Waals surface area contributed by atoms with Crippen LogP contribution in [0.1, 0.15) is 29.8 Å². The Kier molecular flexibility index (Phi) is 4.81. The zero-order chi connectivity index (χ0) is 17.1. The molecule has 0 saturated heterocycles. The van der Waals surface area contributed by atoms with Crippen molar-refractivity contribution in [1.82, 2.24) is 5.32 Å². The van der Waals surface area contributed by atoms with E-state index >= 15 is 0 Å². The second-order valence-corrected chi connectivity index (χ2v) is 6.37. The molecule has 0 spiro atoms. The molecule has 4 nitrogen and oxygen atoms in total. The molecule has 0 saturated carbocycles. The predicted molar refractivity (Wildman–Crippen MR) is 99.8 cm³/mol. The summed E-state index contributed by atoms with van der Waals surface area (Å²) in [5, 5.41) is 3.25. The number of nitrogens with zero attached hydrogens (tertiary/aromatic N) is 1. The van der Waals surface area contributed by atoms with E-state index in [0.29, 0.717) is 10.7 Å². The third-order valence-corrected chi connectivity index (χ3v) is 4.16. The van der Waals surface area contributed by atoms with Crippen LogP contribution in [0.4, 0.5) is 5.69 Å². The molecule has 0 aliphatic carbocycles. The van der Waals surface area contributed by atoms with Gasteiger partial charge in [0.25, 0.3) is 5.91 Å². The lowest BCUT2D eigenvalue weighted by molar-refractivity contribution is 0.0977. The smallest absolute Gasteiger partial charge is 0.257 e. The molecule has 0 aromatic heterocycles. The molecule has 0 bridgehead atoms. The molecule has 24 heavy (non-hydrogen) atoms. The summed E-state index contributed by atoms with van der Waals surface area (Å²) >= 11 is 5.42. The number of fused-ring (bicyclic) bond motifs is 1. The lowest BCUT2D eigenvalue weighted by Crippen LogP contribution is -2.41. The molecule has 1 amide bonds. The van der Waals surface area contributed by atoms with Crippen molar-refractivity contribution in [2.24, 2.45) is 0 Å². The van der Waals surface area contributed by atoms with Crippen molar-refractivity contribution >= 4 is 28.9 Å². The van der Waals surface area contributed by atoms with Crippen LogP contribution in [0.3, 0.4) is 0 Å². The lowest BCUT2D eigenvalue weighted by atomic mass is 10.2. The van der Waals surface area contributed by atoms with Crippen LogP contribution in [0.2, 0.25) is 0 Å². The van der Waals surface area contributed by atoms with Crippen LogP contribution in [0.5, 0.6) is 5.75 Å². The number of thiocarbonyl (C=S) groups is 1. The van der Waals surface area contributed by atoms with E-state index in [4.69, 9.17) is 17.0 Å². The van der Waals surface area contributed by atoms with E-state index in [9.17, 15) is 4.79 Å². The number of para-hydroxylation sites is 1. The number of ether oxygens (including phenoxy) is 1. The zero-order valence-electron chi connectivity index (χ0n) is 13.8. The van der Waals surface area contributed by atoms with Gasteiger partial charge in [-0.15, -0.1) is 0 Å². The summed E-state index contributed by atoms with van der Waals surface area (Å²) in [6.45, 7) is 4.72. The summed E-state index contributed by atoms with van der Waals surface area (Å²) in [5.74, 6) is 0.540. The van der Waals surface area contributed by atoms with Crippen LogP contribution in [0.15, 0.2) is 48.5 Å². The molecular formula is C19H20N2O2S. The Balaban J connectivity index is 1.66. The van der Waals surface area contributed by atoms with Crippen molar-refractivity contribution in [1.29, 1.82) is 0 Å². The molecule has 1 aliphatic rings. The van der Waals surface area contributed by atoms with Crippen LogP contribution in [-0.2, 0) is 6.42 Å². The van der Waals surface area contributed by atoms with Crippen LogP contribution in [0, 0.1) is 0 Å². The Labute approximate surface area is 147 Å². The number of hydrogen-bond acceptors (Lipinski definition) is 3. The number of benzene rings is 2. The van der Waals surface area contributed by atoms with E-state index in [0.717, 1.165) is 24.4 Å². The van der Waals surface area contributed by atoms with E-state index in [2.05, 4.69) is 11.4 Å². The second-order valence-electron chi connectivity index (χ2n) is 5.98. The largest absolute Gasteiger partial charge is 0.491 e. The molecular weight excluding hydrogens is 320 g/mol. The average molecular weight is 340 g/mol. The number of nitrogens with one attached hydrogen (secondary N) is 1. The van der Waals surface area contributed by atoms with Gasteiger partial charge in [-0.3, -0.25) is 10.1 Å². The first-order valence-electron chi connectivity index (χ1n) is 8.02. The quantitative estimate of drug-likeness (QED) is 0.868. The van der Waals surface area contributed by atoms with Crippen molar-refractivity contribution in [2.45, 2.75) is 26.4 Å². The van der Waals surface area contributed by atoms with Crippen LogP contribution >= 0.6 is 12.2 Å². The third-order valence-electron chi connectivity index (χ3n) is 3.84. The molecule has 0 fully saturated rings. The number of carbonyl (C=O) groups excluding carboxylic acids is 1. The molecule has 1 N–H and O–H groups in total. The maximum atomic E-state index is 12.4. The minimum absolute atomic E-state index is 0.104. The Morgan fingerprint density at radius 1 is 1.17 bits per heavy atom. The van der Waals surface area contributed by atoms with Gasteiger partial charge in [-0.25, -0.2) is 0 Å². The Bertz CT molecular complexity index is 756. The van der Waals surface area contributed by atoms with E-state index in [1.54, 1.807) is 24.3 Å². The number of rotatable bonds is 3. The normalized spacial score (nSPS) is 12.9. The van der Waals surface area contributed by atoms with Crippen molar-refractivity contribution in [3.63, 3.8) is 0 Å². The minimum atomic E-state index is -0.208. The maximum absolute atomic E-state index is 12.4. The van der Waals surface area contributed by atoms with Gasteiger partial charge in [-0.2, -0.15) is 0 Å². The topological polar surface area (TPSA) is 41.6 Å². The van der Waals surface area contributed by atoms with E-state index in [1.807, 2.05) is 36.9 Å². The fourth-order valence-electron chi connectivity index (χ4n) is 2.74. The fraction of sp³-hybridized carbons (Fsp3) is 0.263. The highest BCUT2D eigenvalue weighted by Gasteiger charge is 2.23. The first-order valence-corrected chi connectivity index (χ1v) is 8.43. The van der Waals surface area contributed by atoms with Crippen LogP contribution in [0.25, 0.3) is 0 Å². The lowest BCUT2D eigenvalue weighted by Gasteiger charge is -2.20. The highest BCUT2D eigenvalue weighted by molar-refractivity contribution is 7.80. The van der Waals surface area contributed by atoms with E-state index in [-0.39, 0.29) is 12.0 Å². The first kappa shape index (κ1) is 16.5. The average Bonchev–Trinajstić information content (AvgIpc) is 2.99. The van der Waals surface area contributed by atoms with Gasteiger partial charge in [0.15, 0.2) is 5.11 Å². The van der Waals surface area contributed by atoms with Crippen molar-refractivity contribution in [3.8, 4) is 5.75 Å². The summed E-state index contributed by atoms with van der Waals surface area (Å²) in [6, 6.07) is 15.2. The molecule has 124 valence electrons. The number of hydrogen-bond donors (Lipinski definition) is 1. The van der Waals surface area contributed by atoms with E-state index < -0.39 is 0 Å². The Hall–Kier alpha value is -2.40. The molecule has 2 aromatic rings. The van der Waals surface area contributed by atoms with Gasteiger partial charge >= 0.3 is 0 Å². The highest BCUT2D eigenvalue weighted by Crippen LogP contribution is 2.27. The summed E-state index contributed by atoms with van der Waals surface area (Å²) in [7, 11) is 0. The van der Waals surface area contributed by atoms with Gasteiger partial charge in [0.1, 0.15) is 5.75 Å². The molecule has 0 radical (unpaired) electrons. The zero-order valence-corrected chi connectivity index (χ0v) is 14.6. The van der Waals surface area contributed by atoms with Gasteiger partial charge in [0, 0.05) is 17.8 Å². The van der Waals surface area contributed by atoms with Crippen molar-refractivity contribution < 1.29 is 9.53 Å². The summed E-state index contributed by atoms with van der Waals surface area (Å²) in [6.07, 6.45) is 1.04. The van der Waals surface area contributed by atoms with Gasteiger partial charge in [0.2, 0.25) is 0 Å². The summed E-state index contributed by atoms with van der Waals surface area (Å²) in [5.41, 5.74) is 2.88. The van der Waals surface area contributed by atoms with E-state index in [1.165, 1.54) is 5.56 Å². The minimum Gasteiger partial charge on any atom is -0.491 e. The first-order chi connectivity index (χ1) is 11.5. The summed E-state index contributed by atoms with van der Waals surface area (Å²) < 4.78 is 5.58. The molecule has 5 heteroatoms. The molecule has 1 heterocycles. The molecule has 3 rings (SSSR count). The third kappa shape index (κ3) is 3.57.